The highest BCUT2D eigenvalue weighted by atomic mass is 32.1. The molecule has 2 aromatic carbocycles. The van der Waals surface area contributed by atoms with E-state index in [0.29, 0.717) is 11.4 Å². The molecule has 0 aliphatic rings. The lowest BCUT2D eigenvalue weighted by atomic mass is 10.1. The summed E-state index contributed by atoms with van der Waals surface area (Å²) in [4.78, 5) is 12.5. The summed E-state index contributed by atoms with van der Waals surface area (Å²) >= 11 is 1.15. The summed E-state index contributed by atoms with van der Waals surface area (Å²) in [6.45, 7) is 3.89. The lowest BCUT2D eigenvalue weighted by molar-refractivity contribution is 0.0998. The number of anilines is 1. The van der Waals surface area contributed by atoms with Gasteiger partial charge in [0.15, 0.2) is 5.76 Å². The maximum atomic E-state index is 12.5. The number of nitrogens with one attached hydrogen (secondary N) is 1. The minimum atomic E-state index is -0.265. The average molecular weight is 323 g/mol. The highest BCUT2D eigenvalue weighted by Gasteiger charge is 2.18. The third-order valence-electron chi connectivity index (χ3n) is 3.81. The van der Waals surface area contributed by atoms with Gasteiger partial charge in [-0.2, -0.15) is 8.75 Å². The van der Waals surface area contributed by atoms with E-state index in [9.17, 15) is 4.79 Å². The van der Waals surface area contributed by atoms with Crippen LogP contribution in [0.1, 0.15) is 21.7 Å². The van der Waals surface area contributed by atoms with Gasteiger partial charge in [-0.25, -0.2) is 0 Å². The van der Waals surface area contributed by atoms with Gasteiger partial charge in [0, 0.05) is 16.6 Å². The Hall–Kier alpha value is -2.73. The molecule has 4 rings (SSSR count). The summed E-state index contributed by atoms with van der Waals surface area (Å²) in [5, 5.41) is 3.82. The van der Waals surface area contributed by atoms with Crippen molar-refractivity contribution in [2.45, 2.75) is 13.8 Å². The topological polar surface area (TPSA) is 68.0 Å². The SMILES string of the molecule is Cc1ccc2c(C)c(C(=O)Nc3ccc4nsnc4c3)oc2c1. The van der Waals surface area contributed by atoms with Crippen LogP contribution in [0.25, 0.3) is 22.0 Å². The Labute approximate surface area is 136 Å². The predicted octanol–water partition coefficient (Wildman–Crippen LogP) is 4.31. The molecule has 0 bridgehead atoms. The summed E-state index contributed by atoms with van der Waals surface area (Å²) in [6.07, 6.45) is 0. The summed E-state index contributed by atoms with van der Waals surface area (Å²) in [5.74, 6) is 0.0704. The fourth-order valence-corrected chi connectivity index (χ4v) is 3.11. The number of benzene rings is 2. The molecule has 2 heterocycles. The molecule has 0 saturated heterocycles. The first-order valence-electron chi connectivity index (χ1n) is 7.15. The van der Waals surface area contributed by atoms with E-state index in [0.717, 1.165) is 44.9 Å². The van der Waals surface area contributed by atoms with Crippen molar-refractivity contribution in [1.82, 2.24) is 8.75 Å². The number of nitrogens with zero attached hydrogens (tertiary/aromatic N) is 2. The number of rotatable bonds is 2. The first-order chi connectivity index (χ1) is 11.1. The molecule has 0 aliphatic carbocycles. The molecule has 0 fully saturated rings. The van der Waals surface area contributed by atoms with E-state index >= 15 is 0 Å². The van der Waals surface area contributed by atoms with Crippen molar-refractivity contribution in [2.24, 2.45) is 0 Å². The lowest BCUT2D eigenvalue weighted by Gasteiger charge is -2.03. The standard InChI is InChI=1S/C17H13N3O2S/c1-9-3-5-12-10(2)16(22-15(12)7-9)17(21)18-11-4-6-13-14(8-11)20-23-19-13/h3-8H,1-2H3,(H,18,21). The van der Waals surface area contributed by atoms with Crippen LogP contribution in [-0.2, 0) is 0 Å². The maximum absolute atomic E-state index is 12.5. The molecule has 0 saturated carbocycles. The summed E-state index contributed by atoms with van der Waals surface area (Å²) < 4.78 is 14.1. The van der Waals surface area contributed by atoms with Gasteiger partial charge >= 0.3 is 0 Å². The van der Waals surface area contributed by atoms with Crippen molar-refractivity contribution >= 4 is 45.3 Å². The van der Waals surface area contributed by atoms with Gasteiger partial charge in [-0.1, -0.05) is 12.1 Å². The highest BCUT2D eigenvalue weighted by Crippen LogP contribution is 2.27. The molecule has 5 nitrogen and oxygen atoms in total. The fraction of sp³-hybridized carbons (Fsp3) is 0.118. The van der Waals surface area contributed by atoms with Crippen LogP contribution in [0.4, 0.5) is 5.69 Å². The second kappa shape index (κ2) is 5.17. The number of amides is 1. The van der Waals surface area contributed by atoms with Crippen LogP contribution in [0.2, 0.25) is 0 Å². The second-order valence-corrected chi connectivity index (χ2v) is 6.01. The van der Waals surface area contributed by atoms with Crippen LogP contribution in [0.15, 0.2) is 40.8 Å². The molecule has 6 heteroatoms. The van der Waals surface area contributed by atoms with Crippen molar-refractivity contribution in [3.63, 3.8) is 0 Å². The van der Waals surface area contributed by atoms with E-state index in [1.54, 1.807) is 6.07 Å². The third kappa shape index (κ3) is 2.37. The highest BCUT2D eigenvalue weighted by molar-refractivity contribution is 7.00. The van der Waals surface area contributed by atoms with Gasteiger partial charge in [-0.15, -0.1) is 0 Å². The maximum Gasteiger partial charge on any atom is 0.291 e. The number of aryl methyl sites for hydroxylation is 2. The second-order valence-electron chi connectivity index (χ2n) is 5.48. The molecule has 1 amide bonds. The fourth-order valence-electron chi connectivity index (χ4n) is 2.60. The first kappa shape index (κ1) is 13.9. The van der Waals surface area contributed by atoms with Crippen LogP contribution >= 0.6 is 11.7 Å². The van der Waals surface area contributed by atoms with Gasteiger partial charge in [-0.05, 0) is 43.7 Å². The number of carbonyl (C=O) groups excluding carboxylic acids is 1. The van der Waals surface area contributed by atoms with Gasteiger partial charge < -0.3 is 9.73 Å². The molecule has 23 heavy (non-hydrogen) atoms. The molecule has 0 unspecified atom stereocenters. The van der Waals surface area contributed by atoms with Gasteiger partial charge in [0.25, 0.3) is 5.91 Å². The number of carbonyl (C=O) groups is 1. The van der Waals surface area contributed by atoms with Crippen molar-refractivity contribution in [3.8, 4) is 0 Å². The Balaban J connectivity index is 1.69. The normalized spacial score (nSPS) is 11.2. The van der Waals surface area contributed by atoms with E-state index < -0.39 is 0 Å². The number of hydrogen-bond acceptors (Lipinski definition) is 5. The molecule has 114 valence electrons. The molecule has 0 atom stereocenters. The summed E-state index contributed by atoms with van der Waals surface area (Å²) in [5.41, 5.74) is 4.93. The lowest BCUT2D eigenvalue weighted by Crippen LogP contribution is -2.12. The van der Waals surface area contributed by atoms with E-state index in [1.807, 2.05) is 44.2 Å². The van der Waals surface area contributed by atoms with Crippen molar-refractivity contribution < 1.29 is 9.21 Å². The average Bonchev–Trinajstić information content (AvgIpc) is 3.11. The first-order valence-corrected chi connectivity index (χ1v) is 7.88. The van der Waals surface area contributed by atoms with Crippen molar-refractivity contribution in [3.05, 3.63) is 53.3 Å². The zero-order valence-electron chi connectivity index (χ0n) is 12.6. The Kier molecular flexibility index (Phi) is 3.12. The number of aromatic nitrogens is 2. The third-order valence-corrected chi connectivity index (χ3v) is 4.37. The molecule has 0 spiro atoms. The number of hydrogen-bond donors (Lipinski definition) is 1. The van der Waals surface area contributed by atoms with Gasteiger partial charge in [-0.3, -0.25) is 4.79 Å². The smallest absolute Gasteiger partial charge is 0.291 e. The van der Waals surface area contributed by atoms with Crippen LogP contribution in [0.5, 0.6) is 0 Å². The van der Waals surface area contributed by atoms with Gasteiger partial charge in [0.05, 0.1) is 11.7 Å². The number of fused-ring (bicyclic) bond motifs is 2. The van der Waals surface area contributed by atoms with Crippen LogP contribution in [0, 0.1) is 13.8 Å². The molecule has 1 N–H and O–H groups in total. The molecule has 4 aromatic rings. The Morgan fingerprint density at radius 1 is 1.09 bits per heavy atom. The molecule has 2 aromatic heterocycles. The Morgan fingerprint density at radius 3 is 2.78 bits per heavy atom. The monoisotopic (exact) mass is 323 g/mol. The quantitative estimate of drug-likeness (QED) is 0.597. The minimum Gasteiger partial charge on any atom is -0.451 e. The predicted molar refractivity (Wildman–Crippen MR) is 91.1 cm³/mol. The van der Waals surface area contributed by atoms with Crippen LogP contribution in [0.3, 0.4) is 0 Å². The largest absolute Gasteiger partial charge is 0.451 e. The van der Waals surface area contributed by atoms with Gasteiger partial charge in [0.2, 0.25) is 0 Å². The molecular weight excluding hydrogens is 310 g/mol. The minimum absolute atomic E-state index is 0.265. The Morgan fingerprint density at radius 2 is 1.91 bits per heavy atom. The van der Waals surface area contributed by atoms with Crippen LogP contribution in [-0.4, -0.2) is 14.7 Å². The van der Waals surface area contributed by atoms with E-state index in [2.05, 4.69) is 14.1 Å². The van der Waals surface area contributed by atoms with E-state index in [1.165, 1.54) is 0 Å². The van der Waals surface area contributed by atoms with E-state index in [-0.39, 0.29) is 5.91 Å². The van der Waals surface area contributed by atoms with Crippen molar-refractivity contribution in [2.75, 3.05) is 5.32 Å². The molecule has 0 aliphatic heterocycles. The van der Waals surface area contributed by atoms with Gasteiger partial charge in [0.1, 0.15) is 16.6 Å². The summed E-state index contributed by atoms with van der Waals surface area (Å²) in [6, 6.07) is 11.4. The van der Waals surface area contributed by atoms with Crippen LogP contribution < -0.4 is 5.32 Å². The molecule has 0 radical (unpaired) electrons. The molecular formula is C17H13N3O2S. The summed E-state index contributed by atoms with van der Waals surface area (Å²) in [7, 11) is 0. The number of furan rings is 1. The Bertz CT molecular complexity index is 1050. The zero-order chi connectivity index (χ0) is 16.0. The van der Waals surface area contributed by atoms with E-state index in [4.69, 9.17) is 4.42 Å². The zero-order valence-corrected chi connectivity index (χ0v) is 13.4. The van der Waals surface area contributed by atoms with Crippen molar-refractivity contribution in [1.29, 1.82) is 0 Å².